The van der Waals surface area contributed by atoms with Crippen LogP contribution in [0.1, 0.15) is 38.1 Å². The first-order valence-electron chi connectivity index (χ1n) is 10.4. The van der Waals surface area contributed by atoms with Gasteiger partial charge in [-0.25, -0.2) is 4.98 Å². The number of aromatic nitrogens is 1. The van der Waals surface area contributed by atoms with Crippen molar-refractivity contribution in [2.75, 3.05) is 20.3 Å². The van der Waals surface area contributed by atoms with E-state index in [-0.39, 0.29) is 19.6 Å². The van der Waals surface area contributed by atoms with E-state index in [1.54, 1.807) is 27.2 Å². The number of thiazole rings is 1. The van der Waals surface area contributed by atoms with Crippen molar-refractivity contribution in [2.24, 2.45) is 11.8 Å². The molecule has 1 heterocycles. The van der Waals surface area contributed by atoms with Gasteiger partial charge < -0.3 is 19.3 Å². The van der Waals surface area contributed by atoms with Crippen LogP contribution in [0.25, 0.3) is 10.4 Å². The van der Waals surface area contributed by atoms with Crippen molar-refractivity contribution in [3.63, 3.8) is 0 Å². The zero-order chi connectivity index (χ0) is 23.5. The molecule has 1 aliphatic rings. The summed E-state index contributed by atoms with van der Waals surface area (Å²) in [5.74, 6) is -4.58. The molecule has 1 N–H and O–H groups in total. The predicted octanol–water partition coefficient (Wildman–Crippen LogP) is 2.98. The molecule has 2 aromatic rings. The van der Waals surface area contributed by atoms with Gasteiger partial charge in [0.25, 0.3) is 0 Å². The van der Waals surface area contributed by atoms with E-state index in [2.05, 4.69) is 4.98 Å². The van der Waals surface area contributed by atoms with E-state index in [0.717, 1.165) is 10.4 Å². The van der Waals surface area contributed by atoms with Crippen LogP contribution in [0.15, 0.2) is 30.5 Å². The van der Waals surface area contributed by atoms with E-state index in [9.17, 15) is 19.5 Å². The Morgan fingerprint density at radius 1 is 1.16 bits per heavy atom. The topological polar surface area (TPSA) is 112 Å². The highest BCUT2D eigenvalue weighted by Crippen LogP contribution is 2.48. The minimum atomic E-state index is -1.69. The van der Waals surface area contributed by atoms with Crippen LogP contribution in [0.4, 0.5) is 0 Å². The number of hydrogen-bond donors (Lipinski definition) is 1. The van der Waals surface area contributed by atoms with Crippen molar-refractivity contribution in [2.45, 2.75) is 38.7 Å². The molecule has 0 amide bonds. The number of benzene rings is 1. The zero-order valence-electron chi connectivity index (χ0n) is 18.5. The smallest absolute Gasteiger partial charge is 0.317 e. The molecule has 3 rings (SSSR count). The molecule has 8 nitrogen and oxygen atoms in total. The third-order valence-electron chi connectivity index (χ3n) is 5.53. The maximum absolute atomic E-state index is 12.9. The molecule has 0 aliphatic heterocycles. The fourth-order valence-electron chi connectivity index (χ4n) is 4.11. The van der Waals surface area contributed by atoms with Crippen molar-refractivity contribution >= 4 is 29.1 Å². The highest BCUT2D eigenvalue weighted by atomic mass is 32.1. The average Bonchev–Trinajstić information content (AvgIpc) is 3.22. The summed E-state index contributed by atoms with van der Waals surface area (Å²) in [7, 11) is 1.58. The number of hydrogen-bond acceptors (Lipinski definition) is 9. The van der Waals surface area contributed by atoms with E-state index in [0.29, 0.717) is 10.8 Å². The summed E-state index contributed by atoms with van der Waals surface area (Å²) < 4.78 is 15.5. The van der Waals surface area contributed by atoms with Crippen LogP contribution in [0.5, 0.6) is 5.75 Å². The van der Waals surface area contributed by atoms with Crippen LogP contribution in [0.2, 0.25) is 0 Å². The van der Waals surface area contributed by atoms with Gasteiger partial charge >= 0.3 is 11.9 Å². The monoisotopic (exact) mass is 461 g/mol. The van der Waals surface area contributed by atoms with Gasteiger partial charge in [-0.3, -0.25) is 14.4 Å². The van der Waals surface area contributed by atoms with Crippen molar-refractivity contribution in [1.82, 2.24) is 4.98 Å². The number of rotatable bonds is 7. The number of aliphatic hydroxyl groups is 1. The maximum Gasteiger partial charge on any atom is 0.317 e. The summed E-state index contributed by atoms with van der Waals surface area (Å²) in [5, 5.41) is 11.4. The van der Waals surface area contributed by atoms with E-state index in [1.165, 1.54) is 18.3 Å². The first-order valence-corrected chi connectivity index (χ1v) is 11.2. The largest absolute Gasteiger partial charge is 0.497 e. The van der Waals surface area contributed by atoms with Gasteiger partial charge in [0.2, 0.25) is 0 Å². The number of ether oxygens (including phenoxy) is 3. The first-order chi connectivity index (χ1) is 15.2. The van der Waals surface area contributed by atoms with Gasteiger partial charge in [-0.1, -0.05) is 0 Å². The third-order valence-corrected chi connectivity index (χ3v) is 6.68. The van der Waals surface area contributed by atoms with Gasteiger partial charge in [0, 0.05) is 18.5 Å². The summed E-state index contributed by atoms with van der Waals surface area (Å²) in [4.78, 5) is 43.8. The van der Waals surface area contributed by atoms with Crippen molar-refractivity contribution in [3.05, 3.63) is 35.5 Å². The molecule has 4 unspecified atom stereocenters. The predicted molar refractivity (Wildman–Crippen MR) is 117 cm³/mol. The first kappa shape index (κ1) is 23.9. The molecule has 1 aromatic carbocycles. The Morgan fingerprint density at radius 3 is 2.38 bits per heavy atom. The Labute approximate surface area is 190 Å². The lowest BCUT2D eigenvalue weighted by Gasteiger charge is -2.42. The van der Waals surface area contributed by atoms with E-state index in [1.807, 2.05) is 24.3 Å². The second-order valence-electron chi connectivity index (χ2n) is 7.78. The minimum absolute atomic E-state index is 0.0881. The Kier molecular flexibility index (Phi) is 7.30. The molecular formula is C23H27NO7S. The molecule has 0 bridgehead atoms. The minimum Gasteiger partial charge on any atom is -0.497 e. The lowest BCUT2D eigenvalue weighted by molar-refractivity contribution is -0.172. The highest BCUT2D eigenvalue weighted by Gasteiger charge is 2.58. The molecule has 0 radical (unpaired) electrons. The molecule has 1 fully saturated rings. The molecule has 0 saturated heterocycles. The second kappa shape index (κ2) is 9.79. The molecule has 172 valence electrons. The number of methoxy groups -OCH3 is 1. The average molecular weight is 462 g/mol. The molecule has 1 aromatic heterocycles. The summed E-state index contributed by atoms with van der Waals surface area (Å²) in [6.07, 6.45) is 1.27. The number of nitrogens with zero attached hydrogens (tertiary/aromatic N) is 1. The number of ketones is 1. The van der Waals surface area contributed by atoms with Crippen LogP contribution in [0, 0.1) is 11.8 Å². The number of carbonyl (C=O) groups excluding carboxylic acids is 3. The number of Topliss-reactive ketones (excluding diaryl/α,β-unsaturated/α-hetero) is 1. The molecule has 32 heavy (non-hydrogen) atoms. The van der Waals surface area contributed by atoms with Crippen LogP contribution >= 0.6 is 11.3 Å². The summed E-state index contributed by atoms with van der Waals surface area (Å²) in [5.41, 5.74) is -0.827. The van der Waals surface area contributed by atoms with Gasteiger partial charge in [0.05, 0.1) is 41.7 Å². The lowest BCUT2D eigenvalue weighted by atomic mass is 9.64. The van der Waals surface area contributed by atoms with E-state index in [4.69, 9.17) is 14.2 Å². The fraction of sp³-hybridized carbons (Fsp3) is 0.478. The lowest BCUT2D eigenvalue weighted by Crippen LogP contribution is -2.55. The van der Waals surface area contributed by atoms with Gasteiger partial charge in [-0.2, -0.15) is 0 Å². The Hall–Kier alpha value is -2.78. The number of esters is 2. The van der Waals surface area contributed by atoms with E-state index >= 15 is 0 Å². The maximum atomic E-state index is 12.9. The fourth-order valence-corrected chi connectivity index (χ4v) is 5.21. The molecule has 1 saturated carbocycles. The zero-order valence-corrected chi connectivity index (χ0v) is 19.3. The van der Waals surface area contributed by atoms with Gasteiger partial charge in [-0.05, 0) is 50.6 Å². The summed E-state index contributed by atoms with van der Waals surface area (Å²) in [6.45, 7) is 4.91. The number of carbonyl (C=O) groups is 3. The second-order valence-corrected chi connectivity index (χ2v) is 8.84. The van der Waals surface area contributed by atoms with Crippen molar-refractivity contribution in [1.29, 1.82) is 0 Å². The molecule has 9 heteroatoms. The van der Waals surface area contributed by atoms with Crippen LogP contribution < -0.4 is 4.74 Å². The SMILES string of the molecule is CCOC(=O)C1C(=O)CC(C)(O)C(C(=O)OCC)C1c1ncc(-c2ccc(OC)cc2)s1. The highest BCUT2D eigenvalue weighted by molar-refractivity contribution is 7.15. The normalized spacial score (nSPS) is 25.3. The molecule has 4 atom stereocenters. The van der Waals surface area contributed by atoms with Gasteiger partial charge in [0.1, 0.15) is 11.7 Å². The summed E-state index contributed by atoms with van der Waals surface area (Å²) >= 11 is 1.26. The van der Waals surface area contributed by atoms with Crippen molar-refractivity contribution in [3.8, 4) is 16.2 Å². The van der Waals surface area contributed by atoms with Crippen LogP contribution in [-0.4, -0.2) is 53.7 Å². The van der Waals surface area contributed by atoms with Crippen molar-refractivity contribution < 1.29 is 33.7 Å². The van der Waals surface area contributed by atoms with Crippen LogP contribution in [0.3, 0.4) is 0 Å². The Bertz CT molecular complexity index is 982. The van der Waals surface area contributed by atoms with E-state index < -0.39 is 41.1 Å². The molecular weight excluding hydrogens is 434 g/mol. The standard InChI is InChI=1S/C23H27NO7S/c1-5-30-21(26)17-15(25)11-23(3,28)19(22(27)31-6-2)18(17)20-24-12-16(32-20)13-7-9-14(29-4)10-8-13/h7-10,12,17-19,28H,5-6,11H2,1-4H3. The quantitative estimate of drug-likeness (QED) is 0.495. The van der Waals surface area contributed by atoms with Gasteiger partial charge in [-0.15, -0.1) is 11.3 Å². The Morgan fingerprint density at radius 2 is 1.78 bits per heavy atom. The molecule has 1 aliphatic carbocycles. The van der Waals surface area contributed by atoms with Gasteiger partial charge in [0.15, 0.2) is 5.78 Å². The summed E-state index contributed by atoms with van der Waals surface area (Å²) in [6, 6.07) is 7.35. The third kappa shape index (κ3) is 4.68. The molecule has 0 spiro atoms. The van der Waals surface area contributed by atoms with Crippen LogP contribution in [-0.2, 0) is 23.9 Å². The Balaban J connectivity index is 2.08.